The second-order valence-corrected chi connectivity index (χ2v) is 4.23. The molecule has 4 nitrogen and oxygen atoms in total. The van der Waals surface area contributed by atoms with E-state index in [4.69, 9.17) is 5.73 Å². The fourth-order valence-corrected chi connectivity index (χ4v) is 1.70. The highest BCUT2D eigenvalue weighted by Gasteiger charge is 2.26. The van der Waals surface area contributed by atoms with Crippen LogP contribution in [0, 0.1) is 5.92 Å². The van der Waals surface area contributed by atoms with E-state index in [1.54, 1.807) is 18.2 Å². The Morgan fingerprint density at radius 1 is 1.53 bits per heavy atom. The summed E-state index contributed by atoms with van der Waals surface area (Å²) >= 11 is 0. The first kappa shape index (κ1) is 13.8. The molecule has 0 bridgehead atoms. The number of aromatic nitrogens is 1. The highest BCUT2D eigenvalue weighted by Crippen LogP contribution is 2.29. The Morgan fingerprint density at radius 3 is 2.76 bits per heavy atom. The number of carbonyl (C=O) groups is 1. The van der Waals surface area contributed by atoms with E-state index < -0.39 is 0 Å². The standard InChI is InChI=1S/C12H17N3O.ClH/c1-2-15(8-9-6-7-9)12(16)10-4-3-5-11(13)14-10;/h3-5,9H,2,6-8H2,1H3,(H2,13,14);1H. The number of nitrogens with zero attached hydrogens (tertiary/aromatic N) is 2. The Bertz CT molecular complexity index is 393. The molecule has 17 heavy (non-hydrogen) atoms. The van der Waals surface area contributed by atoms with E-state index in [2.05, 4.69) is 4.98 Å². The van der Waals surface area contributed by atoms with E-state index in [1.807, 2.05) is 11.8 Å². The maximum absolute atomic E-state index is 12.1. The number of hydrogen-bond donors (Lipinski definition) is 1. The van der Waals surface area contributed by atoms with Crippen LogP contribution in [0.1, 0.15) is 30.3 Å². The average molecular weight is 256 g/mol. The summed E-state index contributed by atoms with van der Waals surface area (Å²) in [5.41, 5.74) is 6.02. The van der Waals surface area contributed by atoms with Crippen LogP contribution >= 0.6 is 12.4 Å². The highest BCUT2D eigenvalue weighted by molar-refractivity contribution is 5.92. The molecule has 2 rings (SSSR count). The topological polar surface area (TPSA) is 59.2 Å². The van der Waals surface area contributed by atoms with Crippen molar-refractivity contribution in [1.29, 1.82) is 0 Å². The van der Waals surface area contributed by atoms with Crippen molar-refractivity contribution in [2.45, 2.75) is 19.8 Å². The Balaban J connectivity index is 0.00000144. The first-order valence-electron chi connectivity index (χ1n) is 5.72. The normalized spacial score (nSPS) is 13.9. The summed E-state index contributed by atoms with van der Waals surface area (Å²) in [5, 5.41) is 0. The van der Waals surface area contributed by atoms with Crippen molar-refractivity contribution < 1.29 is 4.79 Å². The molecule has 0 atom stereocenters. The number of halogens is 1. The third-order valence-electron chi connectivity index (χ3n) is 2.83. The van der Waals surface area contributed by atoms with Crippen LogP contribution in [0.4, 0.5) is 5.82 Å². The van der Waals surface area contributed by atoms with Crippen molar-refractivity contribution >= 4 is 24.1 Å². The van der Waals surface area contributed by atoms with Crippen LogP contribution in [0.5, 0.6) is 0 Å². The van der Waals surface area contributed by atoms with Gasteiger partial charge in [-0.05, 0) is 37.8 Å². The SMILES string of the molecule is CCN(CC1CC1)C(=O)c1cccc(N)n1.Cl. The Labute approximate surface area is 108 Å². The van der Waals surface area contributed by atoms with Crippen LogP contribution < -0.4 is 5.73 Å². The van der Waals surface area contributed by atoms with Gasteiger partial charge in [-0.3, -0.25) is 4.79 Å². The summed E-state index contributed by atoms with van der Waals surface area (Å²) < 4.78 is 0. The first-order chi connectivity index (χ1) is 7.70. The minimum atomic E-state index is -0.0123. The molecular weight excluding hydrogens is 238 g/mol. The van der Waals surface area contributed by atoms with Gasteiger partial charge in [0.1, 0.15) is 11.5 Å². The largest absolute Gasteiger partial charge is 0.384 e. The maximum atomic E-state index is 12.1. The van der Waals surface area contributed by atoms with Crippen LogP contribution in [-0.4, -0.2) is 28.9 Å². The minimum absolute atomic E-state index is 0. The van der Waals surface area contributed by atoms with Crippen molar-refractivity contribution in [1.82, 2.24) is 9.88 Å². The summed E-state index contributed by atoms with van der Waals surface area (Å²) in [6.45, 7) is 3.57. The molecule has 1 saturated carbocycles. The zero-order chi connectivity index (χ0) is 11.5. The summed E-state index contributed by atoms with van der Waals surface area (Å²) in [5.74, 6) is 1.08. The van der Waals surface area contributed by atoms with Crippen molar-refractivity contribution in [2.24, 2.45) is 5.92 Å². The number of anilines is 1. The fraction of sp³-hybridized carbons (Fsp3) is 0.500. The molecule has 2 N–H and O–H groups in total. The van der Waals surface area contributed by atoms with Gasteiger partial charge in [0.15, 0.2) is 0 Å². The summed E-state index contributed by atoms with van der Waals surface area (Å²) in [7, 11) is 0. The lowest BCUT2D eigenvalue weighted by atomic mass is 10.3. The second-order valence-electron chi connectivity index (χ2n) is 4.23. The highest BCUT2D eigenvalue weighted by atomic mass is 35.5. The zero-order valence-corrected chi connectivity index (χ0v) is 10.7. The Kier molecular flexibility index (Phi) is 4.75. The quantitative estimate of drug-likeness (QED) is 0.895. The van der Waals surface area contributed by atoms with Crippen LogP contribution in [0.25, 0.3) is 0 Å². The van der Waals surface area contributed by atoms with E-state index in [9.17, 15) is 4.79 Å². The van der Waals surface area contributed by atoms with E-state index in [1.165, 1.54) is 12.8 Å². The monoisotopic (exact) mass is 255 g/mol. The molecule has 1 aliphatic carbocycles. The Hall–Kier alpha value is -1.29. The summed E-state index contributed by atoms with van der Waals surface area (Å²) in [6, 6.07) is 5.17. The van der Waals surface area contributed by atoms with Gasteiger partial charge in [0, 0.05) is 13.1 Å². The molecule has 0 radical (unpaired) electrons. The average Bonchev–Trinajstić information content (AvgIpc) is 3.09. The van der Waals surface area contributed by atoms with Gasteiger partial charge < -0.3 is 10.6 Å². The van der Waals surface area contributed by atoms with Gasteiger partial charge in [0.25, 0.3) is 5.91 Å². The van der Waals surface area contributed by atoms with Gasteiger partial charge in [-0.15, -0.1) is 12.4 Å². The predicted molar refractivity (Wildman–Crippen MR) is 70.2 cm³/mol. The molecule has 1 amide bonds. The van der Waals surface area contributed by atoms with Crippen LogP contribution in [0.15, 0.2) is 18.2 Å². The molecule has 0 saturated heterocycles. The second kappa shape index (κ2) is 5.87. The summed E-state index contributed by atoms with van der Waals surface area (Å²) in [4.78, 5) is 18.0. The van der Waals surface area contributed by atoms with Crippen LogP contribution in [-0.2, 0) is 0 Å². The molecule has 1 heterocycles. The number of pyridine rings is 1. The zero-order valence-electron chi connectivity index (χ0n) is 9.93. The van der Waals surface area contributed by atoms with Crippen molar-refractivity contribution in [3.63, 3.8) is 0 Å². The lowest BCUT2D eigenvalue weighted by Gasteiger charge is -2.20. The maximum Gasteiger partial charge on any atom is 0.272 e. The van der Waals surface area contributed by atoms with Gasteiger partial charge in [0.2, 0.25) is 0 Å². The van der Waals surface area contributed by atoms with Crippen molar-refractivity contribution in [3.8, 4) is 0 Å². The number of rotatable bonds is 4. The van der Waals surface area contributed by atoms with E-state index in [0.29, 0.717) is 17.4 Å². The van der Waals surface area contributed by atoms with Gasteiger partial charge in [-0.25, -0.2) is 4.98 Å². The van der Waals surface area contributed by atoms with Crippen LogP contribution in [0.3, 0.4) is 0 Å². The van der Waals surface area contributed by atoms with E-state index in [-0.39, 0.29) is 18.3 Å². The van der Waals surface area contributed by atoms with Crippen molar-refractivity contribution in [2.75, 3.05) is 18.8 Å². The molecule has 1 aromatic heterocycles. The molecule has 1 aromatic rings. The molecule has 1 aliphatic rings. The van der Waals surface area contributed by atoms with E-state index >= 15 is 0 Å². The van der Waals surface area contributed by atoms with Gasteiger partial charge in [-0.1, -0.05) is 6.07 Å². The summed E-state index contributed by atoms with van der Waals surface area (Å²) in [6.07, 6.45) is 2.49. The smallest absolute Gasteiger partial charge is 0.272 e. The number of hydrogen-bond acceptors (Lipinski definition) is 3. The predicted octanol–water partition coefficient (Wildman–Crippen LogP) is 1.96. The molecule has 0 aromatic carbocycles. The number of nitrogens with two attached hydrogens (primary N) is 1. The third-order valence-corrected chi connectivity index (χ3v) is 2.83. The van der Waals surface area contributed by atoms with Gasteiger partial charge in [-0.2, -0.15) is 0 Å². The molecule has 1 fully saturated rings. The molecule has 0 spiro atoms. The molecule has 5 heteroatoms. The molecule has 0 unspecified atom stereocenters. The van der Waals surface area contributed by atoms with Crippen LogP contribution in [0.2, 0.25) is 0 Å². The number of amides is 1. The van der Waals surface area contributed by atoms with Gasteiger partial charge in [0.05, 0.1) is 0 Å². The number of nitrogen functional groups attached to an aromatic ring is 1. The van der Waals surface area contributed by atoms with Gasteiger partial charge >= 0.3 is 0 Å². The Morgan fingerprint density at radius 2 is 2.24 bits per heavy atom. The minimum Gasteiger partial charge on any atom is -0.384 e. The fourth-order valence-electron chi connectivity index (χ4n) is 1.70. The number of carbonyl (C=O) groups excluding carboxylic acids is 1. The lowest BCUT2D eigenvalue weighted by Crippen LogP contribution is -2.33. The van der Waals surface area contributed by atoms with Crippen molar-refractivity contribution in [3.05, 3.63) is 23.9 Å². The molecular formula is C12H18ClN3O. The lowest BCUT2D eigenvalue weighted by molar-refractivity contribution is 0.0751. The molecule has 0 aliphatic heterocycles. The third kappa shape index (κ3) is 3.60. The first-order valence-corrected chi connectivity index (χ1v) is 5.72. The van der Waals surface area contributed by atoms with E-state index in [0.717, 1.165) is 13.1 Å². The molecule has 94 valence electrons.